The highest BCUT2D eigenvalue weighted by Crippen LogP contribution is 2.22. The predicted molar refractivity (Wildman–Crippen MR) is 85.7 cm³/mol. The van der Waals surface area contributed by atoms with E-state index in [-0.39, 0.29) is 17.1 Å². The number of halogens is 2. The quantitative estimate of drug-likeness (QED) is 0.779. The van der Waals surface area contributed by atoms with Crippen LogP contribution in [0.1, 0.15) is 29.8 Å². The largest absolute Gasteiger partial charge is 0.332 e. The van der Waals surface area contributed by atoms with E-state index in [0.29, 0.717) is 17.1 Å². The number of carbonyl (C=O) groups excluding carboxylic acids is 1. The third kappa shape index (κ3) is 3.96. The molecule has 3 nitrogen and oxygen atoms in total. The molecule has 0 unspecified atom stereocenters. The van der Waals surface area contributed by atoms with Gasteiger partial charge in [0.1, 0.15) is 5.15 Å². The lowest BCUT2D eigenvalue weighted by molar-refractivity contribution is 0.0690. The Morgan fingerprint density at radius 2 is 1.90 bits per heavy atom. The molecule has 2 rings (SSSR count). The van der Waals surface area contributed by atoms with E-state index in [4.69, 9.17) is 23.2 Å². The van der Waals surface area contributed by atoms with E-state index in [1.54, 1.807) is 4.90 Å². The first-order chi connectivity index (χ1) is 9.99. The van der Waals surface area contributed by atoms with E-state index >= 15 is 0 Å². The molecule has 0 fully saturated rings. The van der Waals surface area contributed by atoms with Crippen molar-refractivity contribution >= 4 is 29.1 Å². The Hall–Kier alpha value is -1.58. The minimum atomic E-state index is -0.150. The van der Waals surface area contributed by atoms with Gasteiger partial charge in [-0.1, -0.05) is 53.5 Å². The topological polar surface area (TPSA) is 33.2 Å². The summed E-state index contributed by atoms with van der Waals surface area (Å²) in [6.07, 6.45) is 1.40. The lowest BCUT2D eigenvalue weighted by Gasteiger charge is -2.27. The van der Waals surface area contributed by atoms with Gasteiger partial charge in [-0.15, -0.1) is 0 Å². The van der Waals surface area contributed by atoms with E-state index in [9.17, 15) is 4.79 Å². The van der Waals surface area contributed by atoms with Crippen LogP contribution in [0.15, 0.2) is 42.6 Å². The molecule has 0 radical (unpaired) electrons. The second kappa shape index (κ2) is 6.92. The van der Waals surface area contributed by atoms with Gasteiger partial charge < -0.3 is 4.90 Å². The van der Waals surface area contributed by atoms with Crippen molar-refractivity contribution in [3.05, 3.63) is 63.9 Å². The fourth-order valence-corrected chi connectivity index (χ4v) is 2.34. The Morgan fingerprint density at radius 3 is 2.52 bits per heavy atom. The summed E-state index contributed by atoms with van der Waals surface area (Å²) in [5.41, 5.74) is 1.44. The molecule has 1 aromatic heterocycles. The summed E-state index contributed by atoms with van der Waals surface area (Å²) in [6.45, 7) is 4.46. The van der Waals surface area contributed by atoms with E-state index in [1.807, 2.05) is 44.2 Å². The summed E-state index contributed by atoms with van der Waals surface area (Å²) in [6, 6.07) is 11.4. The second-order valence-electron chi connectivity index (χ2n) is 5.00. The van der Waals surface area contributed by atoms with Gasteiger partial charge in [-0.3, -0.25) is 4.79 Å². The van der Waals surface area contributed by atoms with Crippen molar-refractivity contribution in [1.82, 2.24) is 9.88 Å². The van der Waals surface area contributed by atoms with Crippen molar-refractivity contribution in [3.8, 4) is 0 Å². The third-order valence-electron chi connectivity index (χ3n) is 3.13. The lowest BCUT2D eigenvalue weighted by Crippen LogP contribution is -2.36. The van der Waals surface area contributed by atoms with Gasteiger partial charge in [0, 0.05) is 18.8 Å². The first-order valence-electron chi connectivity index (χ1n) is 6.65. The van der Waals surface area contributed by atoms with Crippen LogP contribution in [0.2, 0.25) is 10.2 Å². The van der Waals surface area contributed by atoms with Gasteiger partial charge in [-0.2, -0.15) is 0 Å². The summed E-state index contributed by atoms with van der Waals surface area (Å²) in [7, 11) is 0. The first kappa shape index (κ1) is 15.8. The van der Waals surface area contributed by atoms with E-state index in [2.05, 4.69) is 4.98 Å². The van der Waals surface area contributed by atoms with Crippen LogP contribution in [-0.4, -0.2) is 21.8 Å². The number of amides is 1. The summed E-state index contributed by atoms with van der Waals surface area (Å²) < 4.78 is 0. The molecule has 0 saturated heterocycles. The fourth-order valence-electron chi connectivity index (χ4n) is 2.00. The number of rotatable bonds is 4. The minimum Gasteiger partial charge on any atom is -0.332 e. The molecule has 110 valence electrons. The van der Waals surface area contributed by atoms with E-state index in [0.717, 1.165) is 5.56 Å². The molecule has 0 aliphatic rings. The van der Waals surface area contributed by atoms with Crippen LogP contribution in [0.4, 0.5) is 0 Å². The molecular weight excluding hydrogens is 307 g/mol. The Bertz CT molecular complexity index is 629. The van der Waals surface area contributed by atoms with Crippen LogP contribution < -0.4 is 0 Å². The first-order valence-corrected chi connectivity index (χ1v) is 7.40. The van der Waals surface area contributed by atoms with Crippen LogP contribution in [0.3, 0.4) is 0 Å². The highest BCUT2D eigenvalue weighted by molar-refractivity contribution is 6.35. The Morgan fingerprint density at radius 1 is 1.24 bits per heavy atom. The number of hydrogen-bond donors (Lipinski definition) is 0. The monoisotopic (exact) mass is 322 g/mol. The molecule has 0 aliphatic heterocycles. The Labute approximate surface area is 134 Å². The number of nitrogens with zero attached hydrogens (tertiary/aromatic N) is 2. The lowest BCUT2D eigenvalue weighted by atomic mass is 10.1. The van der Waals surface area contributed by atoms with E-state index < -0.39 is 0 Å². The van der Waals surface area contributed by atoms with Crippen molar-refractivity contribution in [1.29, 1.82) is 0 Å². The Kier molecular flexibility index (Phi) is 5.21. The number of hydrogen-bond acceptors (Lipinski definition) is 2. The molecule has 1 amide bonds. The maximum absolute atomic E-state index is 12.7. The maximum atomic E-state index is 12.7. The van der Waals surface area contributed by atoms with Crippen LogP contribution in [0.5, 0.6) is 0 Å². The average Bonchev–Trinajstić information content (AvgIpc) is 2.47. The van der Waals surface area contributed by atoms with Gasteiger partial charge in [0.15, 0.2) is 0 Å². The normalized spacial score (nSPS) is 10.7. The molecular formula is C16H16Cl2N2O. The van der Waals surface area contributed by atoms with Crippen LogP contribution >= 0.6 is 23.2 Å². The molecule has 0 spiro atoms. The summed E-state index contributed by atoms with van der Waals surface area (Å²) in [4.78, 5) is 18.3. The highest BCUT2D eigenvalue weighted by atomic mass is 35.5. The molecule has 1 heterocycles. The number of aromatic nitrogens is 1. The smallest absolute Gasteiger partial charge is 0.256 e. The molecule has 0 aliphatic carbocycles. The SMILES string of the molecule is CC(C)N(Cc1ccccc1)C(=O)c1cc(Cl)ncc1Cl. The molecule has 0 N–H and O–H groups in total. The van der Waals surface area contributed by atoms with E-state index in [1.165, 1.54) is 12.3 Å². The summed E-state index contributed by atoms with van der Waals surface area (Å²) >= 11 is 11.9. The molecule has 0 saturated carbocycles. The number of carbonyl (C=O) groups is 1. The van der Waals surface area contributed by atoms with Crippen molar-refractivity contribution in [2.75, 3.05) is 0 Å². The zero-order valence-electron chi connectivity index (χ0n) is 11.9. The molecule has 2 aromatic rings. The van der Waals surface area contributed by atoms with Gasteiger partial charge in [-0.25, -0.2) is 4.98 Å². The third-order valence-corrected chi connectivity index (χ3v) is 3.64. The summed E-state index contributed by atoms with van der Waals surface area (Å²) in [5.74, 6) is -0.150. The molecule has 0 bridgehead atoms. The van der Waals surface area contributed by atoms with Crippen molar-refractivity contribution in [2.24, 2.45) is 0 Å². The molecule has 0 atom stereocenters. The minimum absolute atomic E-state index is 0.0423. The average molecular weight is 323 g/mol. The number of benzene rings is 1. The standard InChI is InChI=1S/C16H16Cl2N2O/c1-11(2)20(10-12-6-4-3-5-7-12)16(21)13-8-15(18)19-9-14(13)17/h3-9,11H,10H2,1-2H3. The second-order valence-corrected chi connectivity index (χ2v) is 5.79. The zero-order chi connectivity index (χ0) is 15.4. The summed E-state index contributed by atoms with van der Waals surface area (Å²) in [5, 5.41) is 0.564. The van der Waals surface area contributed by atoms with Gasteiger partial charge in [0.05, 0.1) is 10.6 Å². The Balaban J connectivity index is 2.30. The number of pyridine rings is 1. The predicted octanol–water partition coefficient (Wildman–Crippen LogP) is 4.44. The highest BCUT2D eigenvalue weighted by Gasteiger charge is 2.21. The molecule has 21 heavy (non-hydrogen) atoms. The zero-order valence-corrected chi connectivity index (χ0v) is 13.4. The van der Waals surface area contributed by atoms with Gasteiger partial charge in [-0.05, 0) is 25.5 Å². The van der Waals surface area contributed by atoms with Crippen molar-refractivity contribution in [2.45, 2.75) is 26.4 Å². The van der Waals surface area contributed by atoms with Crippen molar-refractivity contribution < 1.29 is 4.79 Å². The van der Waals surface area contributed by atoms with Gasteiger partial charge in [0.25, 0.3) is 5.91 Å². The van der Waals surface area contributed by atoms with Crippen LogP contribution in [0, 0.1) is 0 Å². The van der Waals surface area contributed by atoms with Crippen LogP contribution in [0.25, 0.3) is 0 Å². The van der Waals surface area contributed by atoms with Gasteiger partial charge >= 0.3 is 0 Å². The van der Waals surface area contributed by atoms with Crippen LogP contribution in [-0.2, 0) is 6.54 Å². The maximum Gasteiger partial charge on any atom is 0.256 e. The fraction of sp³-hybridized carbons (Fsp3) is 0.250. The van der Waals surface area contributed by atoms with Gasteiger partial charge in [0.2, 0.25) is 0 Å². The molecule has 1 aromatic carbocycles. The van der Waals surface area contributed by atoms with Crippen molar-refractivity contribution in [3.63, 3.8) is 0 Å². The molecule has 5 heteroatoms.